The van der Waals surface area contributed by atoms with Crippen LogP contribution in [0.1, 0.15) is 9.67 Å². The molecule has 6 N–H and O–H groups in total. The van der Waals surface area contributed by atoms with E-state index in [9.17, 15) is 9.59 Å². The van der Waals surface area contributed by atoms with Crippen LogP contribution in [-0.2, 0) is 4.79 Å². The molecule has 0 aliphatic rings. The summed E-state index contributed by atoms with van der Waals surface area (Å²) in [6, 6.07) is 0. The first kappa shape index (κ1) is 17.7. The third-order valence-corrected chi connectivity index (χ3v) is 4.78. The fourth-order valence-electron chi connectivity index (χ4n) is 1.42. The van der Waals surface area contributed by atoms with Crippen molar-refractivity contribution in [1.82, 2.24) is 9.97 Å². The SMILES string of the molecule is CN.CSc1nc(SCC(N)=O)nc2sc(C=O)c(N)c12. The Morgan fingerprint density at radius 1 is 1.38 bits per heavy atom. The molecule has 0 bridgehead atoms. The Morgan fingerprint density at radius 3 is 2.57 bits per heavy atom. The Balaban J connectivity index is 0.00000106. The van der Waals surface area contributed by atoms with Crippen LogP contribution in [0, 0.1) is 0 Å². The van der Waals surface area contributed by atoms with Crippen LogP contribution in [0.4, 0.5) is 5.69 Å². The number of thioether (sulfide) groups is 2. The normalized spacial score (nSPS) is 10.0. The van der Waals surface area contributed by atoms with E-state index in [1.165, 1.54) is 30.1 Å². The zero-order valence-electron chi connectivity index (χ0n) is 11.5. The number of amides is 1. The number of anilines is 1. The first-order valence-electron chi connectivity index (χ1n) is 5.64. The summed E-state index contributed by atoms with van der Waals surface area (Å²) in [5.74, 6) is -0.320. The number of thiophene rings is 1. The van der Waals surface area contributed by atoms with Crippen LogP contribution in [0.5, 0.6) is 0 Å². The van der Waals surface area contributed by atoms with E-state index in [1.54, 1.807) is 0 Å². The van der Waals surface area contributed by atoms with Gasteiger partial charge in [0.25, 0.3) is 0 Å². The second kappa shape index (κ2) is 8.17. The van der Waals surface area contributed by atoms with E-state index in [1.807, 2.05) is 6.26 Å². The highest BCUT2D eigenvalue weighted by atomic mass is 32.2. The molecular weight excluding hydrogens is 330 g/mol. The fourth-order valence-corrected chi connectivity index (χ4v) is 3.69. The lowest BCUT2D eigenvalue weighted by molar-refractivity contribution is -0.115. The second-order valence-electron chi connectivity index (χ2n) is 3.45. The molecule has 114 valence electrons. The van der Waals surface area contributed by atoms with E-state index < -0.39 is 5.91 Å². The van der Waals surface area contributed by atoms with Crippen LogP contribution in [0.2, 0.25) is 0 Å². The first-order valence-corrected chi connectivity index (χ1v) is 8.67. The fraction of sp³-hybridized carbons (Fsp3) is 0.273. The van der Waals surface area contributed by atoms with Crippen molar-refractivity contribution in [2.45, 2.75) is 10.2 Å². The number of fused-ring (bicyclic) bond motifs is 1. The first-order chi connectivity index (χ1) is 10.1. The number of aromatic nitrogens is 2. The average Bonchev–Trinajstić information content (AvgIpc) is 2.82. The molecule has 0 unspecified atom stereocenters. The topological polar surface area (TPSA) is 138 Å². The summed E-state index contributed by atoms with van der Waals surface area (Å²) in [6.45, 7) is 0. The van der Waals surface area contributed by atoms with Gasteiger partial charge in [-0.25, -0.2) is 9.97 Å². The highest BCUT2D eigenvalue weighted by molar-refractivity contribution is 8.00. The van der Waals surface area contributed by atoms with Crippen molar-refractivity contribution < 1.29 is 9.59 Å². The number of aldehydes is 1. The third-order valence-electron chi connectivity index (χ3n) is 2.21. The Hall–Kier alpha value is -1.36. The van der Waals surface area contributed by atoms with Crippen LogP contribution in [0.25, 0.3) is 10.2 Å². The zero-order chi connectivity index (χ0) is 16.0. The summed E-state index contributed by atoms with van der Waals surface area (Å²) in [6.07, 6.45) is 2.57. The molecule has 2 rings (SSSR count). The second-order valence-corrected chi connectivity index (χ2v) is 6.22. The van der Waals surface area contributed by atoms with Gasteiger partial charge in [0.15, 0.2) is 11.4 Å². The van der Waals surface area contributed by atoms with Crippen LogP contribution in [-0.4, -0.2) is 41.2 Å². The number of primary amides is 1. The summed E-state index contributed by atoms with van der Waals surface area (Å²) in [5.41, 5.74) is 15.9. The molecule has 0 saturated heterocycles. The third kappa shape index (κ3) is 4.06. The molecule has 2 heterocycles. The van der Waals surface area contributed by atoms with Crippen LogP contribution >= 0.6 is 34.9 Å². The Labute approximate surface area is 134 Å². The molecule has 1 amide bonds. The monoisotopic (exact) mass is 345 g/mol. The van der Waals surface area contributed by atoms with Gasteiger partial charge in [-0.1, -0.05) is 11.8 Å². The number of carbonyl (C=O) groups excluding carboxylic acids is 2. The van der Waals surface area contributed by atoms with E-state index in [2.05, 4.69) is 15.7 Å². The van der Waals surface area contributed by atoms with Gasteiger partial charge in [0.05, 0.1) is 21.7 Å². The highest BCUT2D eigenvalue weighted by Crippen LogP contribution is 2.37. The molecule has 2 aromatic heterocycles. The van der Waals surface area contributed by atoms with Crippen molar-refractivity contribution in [2.75, 3.05) is 24.8 Å². The van der Waals surface area contributed by atoms with E-state index in [0.29, 0.717) is 37.2 Å². The van der Waals surface area contributed by atoms with Gasteiger partial charge in [-0.15, -0.1) is 23.1 Å². The number of hydrogen-bond donors (Lipinski definition) is 3. The Bertz CT molecular complexity index is 659. The highest BCUT2D eigenvalue weighted by Gasteiger charge is 2.16. The summed E-state index contributed by atoms with van der Waals surface area (Å²) in [4.78, 5) is 31.4. The minimum absolute atomic E-state index is 0.112. The Morgan fingerprint density at radius 2 is 2.05 bits per heavy atom. The van der Waals surface area contributed by atoms with E-state index in [0.717, 1.165) is 11.8 Å². The van der Waals surface area contributed by atoms with E-state index in [-0.39, 0.29) is 5.75 Å². The summed E-state index contributed by atoms with van der Waals surface area (Å²) in [7, 11) is 1.50. The number of rotatable bonds is 5. The van der Waals surface area contributed by atoms with Crippen molar-refractivity contribution in [3.8, 4) is 0 Å². The Kier molecular flexibility index (Phi) is 6.89. The standard InChI is InChI=1S/C10H10N4O2S3.CH5N/c1-17-8-6-7(12)4(2-15)19-9(6)14-10(13-8)18-3-5(11)16;1-2/h2H,3,12H2,1H3,(H2,11,16);2H2,1H3. The lowest BCUT2D eigenvalue weighted by Gasteiger charge is -2.03. The molecule has 0 atom stereocenters. The summed E-state index contributed by atoms with van der Waals surface area (Å²) < 4.78 is 0. The van der Waals surface area contributed by atoms with Gasteiger partial charge < -0.3 is 17.2 Å². The molecule has 0 fully saturated rings. The number of hydrogen-bond acceptors (Lipinski definition) is 9. The van der Waals surface area contributed by atoms with Crippen molar-refractivity contribution >= 4 is 63.0 Å². The average molecular weight is 345 g/mol. The predicted octanol–water partition coefficient (Wildman–Crippen LogP) is 0.960. The minimum atomic E-state index is -0.432. The van der Waals surface area contributed by atoms with E-state index >= 15 is 0 Å². The van der Waals surface area contributed by atoms with Gasteiger partial charge in [0.2, 0.25) is 5.91 Å². The van der Waals surface area contributed by atoms with Crippen molar-refractivity contribution in [3.05, 3.63) is 4.88 Å². The lowest BCUT2D eigenvalue weighted by Crippen LogP contribution is -2.13. The van der Waals surface area contributed by atoms with Gasteiger partial charge >= 0.3 is 0 Å². The van der Waals surface area contributed by atoms with Crippen molar-refractivity contribution in [2.24, 2.45) is 11.5 Å². The molecule has 0 aliphatic carbocycles. The maximum absolute atomic E-state index is 10.9. The molecule has 2 aromatic rings. The number of nitrogens with zero attached hydrogens (tertiary/aromatic N) is 2. The van der Waals surface area contributed by atoms with Gasteiger partial charge in [-0.3, -0.25) is 9.59 Å². The van der Waals surface area contributed by atoms with Crippen molar-refractivity contribution in [1.29, 1.82) is 0 Å². The molecule has 10 heteroatoms. The lowest BCUT2D eigenvalue weighted by atomic mass is 10.3. The van der Waals surface area contributed by atoms with E-state index in [4.69, 9.17) is 11.5 Å². The molecule has 0 spiro atoms. The molecule has 7 nitrogen and oxygen atoms in total. The molecule has 0 saturated carbocycles. The predicted molar refractivity (Wildman–Crippen MR) is 89.0 cm³/mol. The maximum Gasteiger partial charge on any atom is 0.227 e. The molecule has 21 heavy (non-hydrogen) atoms. The smallest absolute Gasteiger partial charge is 0.227 e. The maximum atomic E-state index is 10.9. The zero-order valence-corrected chi connectivity index (χ0v) is 13.9. The van der Waals surface area contributed by atoms with Crippen LogP contribution in [0.15, 0.2) is 10.2 Å². The summed E-state index contributed by atoms with van der Waals surface area (Å²) in [5, 5.41) is 1.84. The number of nitrogen functional groups attached to an aromatic ring is 1. The van der Waals surface area contributed by atoms with Crippen LogP contribution in [0.3, 0.4) is 0 Å². The van der Waals surface area contributed by atoms with Crippen LogP contribution < -0.4 is 17.2 Å². The number of carbonyl (C=O) groups is 2. The van der Waals surface area contributed by atoms with Gasteiger partial charge in [0.1, 0.15) is 9.86 Å². The number of nitrogens with two attached hydrogens (primary N) is 3. The largest absolute Gasteiger partial charge is 0.397 e. The van der Waals surface area contributed by atoms with Crippen molar-refractivity contribution in [3.63, 3.8) is 0 Å². The quantitative estimate of drug-likeness (QED) is 0.315. The molecule has 0 aliphatic heterocycles. The van der Waals surface area contributed by atoms with Gasteiger partial charge in [-0.05, 0) is 13.3 Å². The minimum Gasteiger partial charge on any atom is -0.397 e. The molecule has 0 radical (unpaired) electrons. The molecular formula is C11H15N5O2S3. The van der Waals surface area contributed by atoms with Gasteiger partial charge in [0, 0.05) is 0 Å². The molecule has 0 aromatic carbocycles. The summed E-state index contributed by atoms with van der Waals surface area (Å²) >= 11 is 3.79. The van der Waals surface area contributed by atoms with Gasteiger partial charge in [-0.2, -0.15) is 0 Å².